The molecule has 0 radical (unpaired) electrons. The van der Waals surface area contributed by atoms with Crippen molar-refractivity contribution in [2.24, 2.45) is 0 Å². The summed E-state index contributed by atoms with van der Waals surface area (Å²) in [7, 11) is 3.27. The van der Waals surface area contributed by atoms with E-state index in [1.807, 2.05) is 0 Å². The fraction of sp³-hybridized carbons (Fsp3) is 0.158. The largest absolute Gasteiger partial charge is 0.484 e. The fourth-order valence-corrected chi connectivity index (χ4v) is 2.22. The molecule has 1 amide bonds. The van der Waals surface area contributed by atoms with E-state index in [1.54, 1.807) is 44.4 Å². The van der Waals surface area contributed by atoms with Crippen molar-refractivity contribution in [1.82, 2.24) is 4.90 Å². The third-order valence-corrected chi connectivity index (χ3v) is 3.91. The summed E-state index contributed by atoms with van der Waals surface area (Å²) in [6.07, 6.45) is 2.80. The second kappa shape index (κ2) is 8.95. The average Bonchev–Trinajstić information content (AvgIpc) is 2.65. The first-order valence-corrected chi connectivity index (χ1v) is 8.25. The summed E-state index contributed by atoms with van der Waals surface area (Å²) < 4.78 is 5.34. The van der Waals surface area contributed by atoms with Crippen LogP contribution in [0, 0.1) is 10.1 Å². The van der Waals surface area contributed by atoms with Crippen molar-refractivity contribution in [2.45, 2.75) is 0 Å². The zero-order valence-electron chi connectivity index (χ0n) is 14.7. The minimum atomic E-state index is -0.582. The zero-order valence-corrected chi connectivity index (χ0v) is 15.5. The van der Waals surface area contributed by atoms with Crippen LogP contribution in [0.25, 0.3) is 6.08 Å². The van der Waals surface area contributed by atoms with Gasteiger partial charge in [-0.3, -0.25) is 19.7 Å². The van der Waals surface area contributed by atoms with Crippen LogP contribution in [0.3, 0.4) is 0 Å². The van der Waals surface area contributed by atoms with E-state index in [4.69, 9.17) is 16.3 Å². The Morgan fingerprint density at radius 1 is 1.19 bits per heavy atom. The van der Waals surface area contributed by atoms with Gasteiger partial charge in [-0.25, -0.2) is 0 Å². The molecule has 0 aliphatic heterocycles. The number of ether oxygens (including phenoxy) is 1. The maximum Gasteiger partial charge on any atom is 0.288 e. The molecule has 27 heavy (non-hydrogen) atoms. The Labute approximate surface area is 161 Å². The highest BCUT2D eigenvalue weighted by Crippen LogP contribution is 2.25. The molecule has 0 N–H and O–H groups in total. The van der Waals surface area contributed by atoms with Crippen molar-refractivity contribution >= 4 is 35.1 Å². The number of benzene rings is 2. The Morgan fingerprint density at radius 2 is 1.85 bits per heavy atom. The highest BCUT2D eigenvalue weighted by molar-refractivity contribution is 6.32. The smallest absolute Gasteiger partial charge is 0.288 e. The van der Waals surface area contributed by atoms with Gasteiger partial charge in [-0.1, -0.05) is 23.7 Å². The summed E-state index contributed by atoms with van der Waals surface area (Å²) in [6, 6.07) is 10.6. The third-order valence-electron chi connectivity index (χ3n) is 3.59. The lowest BCUT2D eigenvalue weighted by atomic mass is 10.1. The van der Waals surface area contributed by atoms with Crippen LogP contribution in [-0.4, -0.2) is 42.2 Å². The van der Waals surface area contributed by atoms with Crippen molar-refractivity contribution in [1.29, 1.82) is 0 Å². The molecule has 0 aliphatic carbocycles. The van der Waals surface area contributed by atoms with Gasteiger partial charge < -0.3 is 9.64 Å². The normalized spacial score (nSPS) is 10.6. The molecule has 0 fully saturated rings. The summed E-state index contributed by atoms with van der Waals surface area (Å²) in [5, 5.41) is 10.9. The van der Waals surface area contributed by atoms with Gasteiger partial charge in [-0.15, -0.1) is 0 Å². The Bertz CT molecular complexity index is 891. The second-order valence-electron chi connectivity index (χ2n) is 5.77. The molecule has 0 unspecified atom stereocenters. The van der Waals surface area contributed by atoms with Crippen molar-refractivity contribution in [3.63, 3.8) is 0 Å². The highest BCUT2D eigenvalue weighted by atomic mass is 35.5. The quantitative estimate of drug-likeness (QED) is 0.313. The van der Waals surface area contributed by atoms with Gasteiger partial charge in [0.15, 0.2) is 12.4 Å². The average molecular weight is 389 g/mol. The first kappa shape index (κ1) is 20.1. The van der Waals surface area contributed by atoms with Crippen LogP contribution in [0.2, 0.25) is 5.02 Å². The number of carbonyl (C=O) groups is 2. The summed E-state index contributed by atoms with van der Waals surface area (Å²) in [6.45, 7) is -0.0878. The number of allylic oxidation sites excluding steroid dienone is 1. The molecular formula is C19H17ClN2O5. The molecule has 0 heterocycles. The van der Waals surface area contributed by atoms with E-state index in [2.05, 4.69) is 0 Å². The molecule has 0 atom stereocenters. The monoisotopic (exact) mass is 388 g/mol. The van der Waals surface area contributed by atoms with Crippen molar-refractivity contribution in [2.75, 3.05) is 20.7 Å². The minimum absolute atomic E-state index is 0.0341. The molecular weight excluding hydrogens is 372 g/mol. The Hall–Kier alpha value is -3.19. The molecule has 2 rings (SSSR count). The Morgan fingerprint density at radius 3 is 2.44 bits per heavy atom. The van der Waals surface area contributed by atoms with Gasteiger partial charge in [0.25, 0.3) is 11.6 Å². The Balaban J connectivity index is 2.03. The molecule has 0 bridgehead atoms. The first-order chi connectivity index (χ1) is 12.8. The van der Waals surface area contributed by atoms with E-state index < -0.39 is 4.92 Å². The topological polar surface area (TPSA) is 89.8 Å². The summed E-state index contributed by atoms with van der Waals surface area (Å²) in [5.41, 5.74) is 0.683. The number of nitrogens with zero attached hydrogens (tertiary/aromatic N) is 2. The van der Waals surface area contributed by atoms with Crippen molar-refractivity contribution in [3.8, 4) is 5.75 Å². The van der Waals surface area contributed by atoms with E-state index in [1.165, 1.54) is 29.2 Å². The number of likely N-dealkylation sites (N-methyl/N-ethyl adjacent to an activating group) is 1. The van der Waals surface area contributed by atoms with Crippen molar-refractivity contribution < 1.29 is 19.2 Å². The predicted molar refractivity (Wildman–Crippen MR) is 102 cm³/mol. The maximum absolute atomic E-state index is 12.2. The zero-order chi connectivity index (χ0) is 20.0. The summed E-state index contributed by atoms with van der Waals surface area (Å²) in [4.78, 5) is 35.4. The standard InChI is InChI=1S/C19H17ClN2O5/c1-21(2)19(24)12-27-15-7-5-14(6-8-15)18(23)10-4-13-3-9-16(20)17(11-13)22(25)26/h3-11H,12H2,1-2H3/b10-4+. The minimum Gasteiger partial charge on any atom is -0.484 e. The Kier molecular flexibility index (Phi) is 6.67. The van der Waals surface area contributed by atoms with Crippen LogP contribution in [-0.2, 0) is 4.79 Å². The van der Waals surface area contributed by atoms with E-state index in [9.17, 15) is 19.7 Å². The van der Waals surface area contributed by atoms with Gasteiger partial charge >= 0.3 is 0 Å². The van der Waals surface area contributed by atoms with Gasteiger partial charge in [0.05, 0.1) is 4.92 Å². The van der Waals surface area contributed by atoms with Crippen LogP contribution in [0.1, 0.15) is 15.9 Å². The van der Waals surface area contributed by atoms with Crippen LogP contribution in [0.15, 0.2) is 48.5 Å². The number of hydrogen-bond donors (Lipinski definition) is 0. The van der Waals surface area contributed by atoms with Crippen molar-refractivity contribution in [3.05, 3.63) is 74.8 Å². The molecule has 0 aliphatic rings. The summed E-state index contributed by atoms with van der Waals surface area (Å²) in [5.74, 6) is 0.0257. The predicted octanol–water partition coefficient (Wildman–Crippen LogP) is 3.61. The maximum atomic E-state index is 12.2. The number of ketones is 1. The molecule has 0 aromatic heterocycles. The number of halogens is 1. The molecule has 0 saturated heterocycles. The van der Waals surface area contributed by atoms with Crippen LogP contribution < -0.4 is 4.74 Å². The van der Waals surface area contributed by atoms with E-state index in [-0.39, 0.29) is 29.0 Å². The molecule has 2 aromatic carbocycles. The van der Waals surface area contributed by atoms with Gasteiger partial charge in [0, 0.05) is 25.7 Å². The van der Waals surface area contributed by atoms with Gasteiger partial charge in [-0.2, -0.15) is 0 Å². The van der Waals surface area contributed by atoms with E-state index >= 15 is 0 Å². The summed E-state index contributed by atoms with van der Waals surface area (Å²) >= 11 is 5.76. The number of hydrogen-bond acceptors (Lipinski definition) is 5. The molecule has 0 saturated carbocycles. The lowest BCUT2D eigenvalue weighted by Crippen LogP contribution is -2.27. The van der Waals surface area contributed by atoms with Crippen LogP contribution in [0.4, 0.5) is 5.69 Å². The third kappa shape index (κ3) is 5.65. The first-order valence-electron chi connectivity index (χ1n) is 7.87. The number of amides is 1. The van der Waals surface area contributed by atoms with Gasteiger partial charge in [0.2, 0.25) is 0 Å². The van der Waals surface area contributed by atoms with E-state index in [0.717, 1.165) is 0 Å². The number of nitro groups is 1. The van der Waals surface area contributed by atoms with E-state index in [0.29, 0.717) is 16.9 Å². The molecule has 2 aromatic rings. The highest BCUT2D eigenvalue weighted by Gasteiger charge is 2.12. The second-order valence-corrected chi connectivity index (χ2v) is 6.17. The van der Waals surface area contributed by atoms with Gasteiger partial charge in [-0.05, 0) is 42.0 Å². The number of carbonyl (C=O) groups excluding carboxylic acids is 2. The molecule has 140 valence electrons. The lowest BCUT2D eigenvalue weighted by molar-refractivity contribution is -0.384. The molecule has 8 heteroatoms. The fourth-order valence-electron chi connectivity index (χ4n) is 2.03. The molecule has 7 nitrogen and oxygen atoms in total. The lowest BCUT2D eigenvalue weighted by Gasteiger charge is -2.11. The van der Waals surface area contributed by atoms with Crippen LogP contribution in [0.5, 0.6) is 5.75 Å². The number of rotatable bonds is 7. The van der Waals surface area contributed by atoms with Crippen LogP contribution >= 0.6 is 11.6 Å². The SMILES string of the molecule is CN(C)C(=O)COc1ccc(C(=O)/C=C/c2ccc(Cl)c([N+](=O)[O-])c2)cc1. The number of nitro benzene ring substituents is 1. The molecule has 0 spiro atoms. The van der Waals surface area contributed by atoms with Gasteiger partial charge in [0.1, 0.15) is 10.8 Å².